The third-order valence-electron chi connectivity index (χ3n) is 3.68. The number of sulfone groups is 1. The van der Waals surface area contributed by atoms with Crippen LogP contribution in [0, 0.1) is 0 Å². The molecule has 0 unspecified atom stereocenters. The molecule has 0 aliphatic heterocycles. The normalized spacial score (nSPS) is 12.5. The van der Waals surface area contributed by atoms with Gasteiger partial charge in [-0.05, 0) is 17.7 Å². The predicted octanol–water partition coefficient (Wildman–Crippen LogP) is 3.25. The van der Waals surface area contributed by atoms with Gasteiger partial charge in [-0.3, -0.25) is 4.98 Å². The summed E-state index contributed by atoms with van der Waals surface area (Å²) >= 11 is 0. The van der Waals surface area contributed by atoms with Crippen LogP contribution in [0.2, 0.25) is 0 Å². The highest BCUT2D eigenvalue weighted by atomic mass is 32.2. The van der Waals surface area contributed by atoms with Gasteiger partial charge in [-0.1, -0.05) is 19.6 Å². The van der Waals surface area contributed by atoms with Crippen molar-refractivity contribution in [2.75, 3.05) is 5.75 Å². The van der Waals surface area contributed by atoms with Gasteiger partial charge in [0, 0.05) is 18.5 Å². The van der Waals surface area contributed by atoms with Crippen LogP contribution in [0.4, 0.5) is 13.2 Å². The zero-order valence-corrected chi connectivity index (χ0v) is 14.3. The molecule has 0 saturated heterocycles. The van der Waals surface area contributed by atoms with Crippen molar-refractivity contribution in [1.29, 1.82) is 0 Å². The minimum atomic E-state index is -4.60. The first-order valence-corrected chi connectivity index (χ1v) is 9.10. The number of nitrogens with zero attached hydrogens (tertiary/aromatic N) is 4. The van der Waals surface area contributed by atoms with Gasteiger partial charge in [0.25, 0.3) is 0 Å². The Kier molecular flexibility index (Phi) is 4.31. The van der Waals surface area contributed by atoms with Crippen molar-refractivity contribution in [3.63, 3.8) is 0 Å². The molecule has 0 spiro atoms. The molecule has 6 nitrogen and oxygen atoms in total. The summed E-state index contributed by atoms with van der Waals surface area (Å²) in [4.78, 5) is 8.17. The van der Waals surface area contributed by atoms with Crippen molar-refractivity contribution in [2.24, 2.45) is 0 Å². The molecule has 3 aromatic rings. The molecule has 136 valence electrons. The van der Waals surface area contributed by atoms with E-state index in [0.29, 0.717) is 5.56 Å². The first-order valence-electron chi connectivity index (χ1n) is 7.45. The average Bonchev–Trinajstić information content (AvgIpc) is 3.04. The monoisotopic (exact) mass is 382 g/mol. The van der Waals surface area contributed by atoms with Crippen LogP contribution in [-0.4, -0.2) is 33.8 Å². The molecule has 0 radical (unpaired) electrons. The molecule has 0 amide bonds. The van der Waals surface area contributed by atoms with E-state index < -0.39 is 21.7 Å². The zero-order valence-electron chi connectivity index (χ0n) is 13.5. The van der Waals surface area contributed by atoms with Gasteiger partial charge in [-0.15, -0.1) is 0 Å². The number of hydrogen-bond acceptors (Lipinski definition) is 5. The van der Waals surface area contributed by atoms with Gasteiger partial charge in [0.2, 0.25) is 0 Å². The van der Waals surface area contributed by atoms with Crippen molar-refractivity contribution in [3.05, 3.63) is 48.4 Å². The molecule has 3 rings (SSSR count). The van der Waals surface area contributed by atoms with Crippen LogP contribution >= 0.6 is 0 Å². The van der Waals surface area contributed by atoms with Crippen molar-refractivity contribution in [1.82, 2.24) is 19.6 Å². The summed E-state index contributed by atoms with van der Waals surface area (Å²) in [5.41, 5.74) is -0.447. The zero-order chi connectivity index (χ0) is 19.1. The smallest absolute Gasteiger partial charge is 0.253 e. The van der Waals surface area contributed by atoms with Crippen LogP contribution in [0.3, 0.4) is 0 Å². The van der Waals surface area contributed by atoms with Gasteiger partial charge in [0.1, 0.15) is 5.69 Å². The molecule has 0 atom stereocenters. The van der Waals surface area contributed by atoms with Crippen LogP contribution in [0.25, 0.3) is 23.1 Å². The number of halogens is 3. The van der Waals surface area contributed by atoms with Gasteiger partial charge < -0.3 is 0 Å². The van der Waals surface area contributed by atoms with Gasteiger partial charge in [0.05, 0.1) is 16.3 Å². The molecule has 0 N–H and O–H groups in total. The molecule has 3 heterocycles. The summed E-state index contributed by atoms with van der Waals surface area (Å²) in [6.07, 6.45) is -0.456. The minimum absolute atomic E-state index is 0.0511. The van der Waals surface area contributed by atoms with E-state index in [2.05, 4.69) is 21.6 Å². The lowest BCUT2D eigenvalue weighted by molar-refractivity contribution is -0.141. The molecule has 0 aromatic carbocycles. The fraction of sp³-hybridized carbons (Fsp3) is 0.188. The van der Waals surface area contributed by atoms with Gasteiger partial charge in [0.15, 0.2) is 21.2 Å². The average molecular weight is 382 g/mol. The molecule has 26 heavy (non-hydrogen) atoms. The maximum absolute atomic E-state index is 12.8. The Hall–Kier alpha value is -2.75. The van der Waals surface area contributed by atoms with E-state index in [9.17, 15) is 21.6 Å². The fourth-order valence-electron chi connectivity index (χ4n) is 2.31. The second-order valence-electron chi connectivity index (χ2n) is 5.37. The Balaban J connectivity index is 2.21. The SMILES string of the molecule is C=Cc1cnc(-c2ccn3nc(C(F)(F)F)cc3n2)c(S(=O)(=O)CC)c1. The number of hydrogen-bond donors (Lipinski definition) is 0. The second-order valence-corrected chi connectivity index (χ2v) is 7.61. The molecule has 0 aliphatic rings. The Morgan fingerprint density at radius 2 is 2.04 bits per heavy atom. The maximum atomic E-state index is 12.8. The number of aromatic nitrogens is 4. The van der Waals surface area contributed by atoms with E-state index in [1.807, 2.05) is 0 Å². The summed E-state index contributed by atoms with van der Waals surface area (Å²) in [5.74, 6) is -0.157. The standard InChI is InChI=1S/C16H13F3N4O2S/c1-3-10-7-12(26(24,25)4-2)15(20-9-10)11-5-6-23-14(21-11)8-13(22-23)16(17,18)19/h3,5-9H,1,4H2,2H3. The lowest BCUT2D eigenvalue weighted by Crippen LogP contribution is -2.08. The fourth-order valence-corrected chi connectivity index (χ4v) is 3.38. The maximum Gasteiger partial charge on any atom is 0.435 e. The van der Waals surface area contributed by atoms with E-state index in [4.69, 9.17) is 0 Å². The molecule has 3 aromatic heterocycles. The van der Waals surface area contributed by atoms with Gasteiger partial charge >= 0.3 is 6.18 Å². The van der Waals surface area contributed by atoms with Crippen molar-refractivity contribution < 1.29 is 21.6 Å². The van der Waals surface area contributed by atoms with Crippen molar-refractivity contribution in [2.45, 2.75) is 18.0 Å². The summed E-state index contributed by atoms with van der Waals surface area (Å²) in [5, 5.41) is 3.41. The van der Waals surface area contributed by atoms with Crippen LogP contribution in [0.15, 0.2) is 42.1 Å². The Morgan fingerprint density at radius 3 is 2.65 bits per heavy atom. The molecular formula is C16H13F3N4O2S. The molecule has 0 aliphatic carbocycles. The van der Waals surface area contributed by atoms with Crippen molar-refractivity contribution in [3.8, 4) is 11.4 Å². The number of alkyl halides is 3. The molecule has 10 heteroatoms. The highest BCUT2D eigenvalue weighted by Crippen LogP contribution is 2.30. The van der Waals surface area contributed by atoms with Gasteiger partial charge in [-0.25, -0.2) is 17.9 Å². The van der Waals surface area contributed by atoms with Crippen LogP contribution in [-0.2, 0) is 16.0 Å². The quantitative estimate of drug-likeness (QED) is 0.692. The van der Waals surface area contributed by atoms with E-state index in [1.165, 1.54) is 37.5 Å². The molecule has 0 saturated carbocycles. The van der Waals surface area contributed by atoms with Crippen molar-refractivity contribution >= 4 is 21.6 Å². The van der Waals surface area contributed by atoms with E-state index in [-0.39, 0.29) is 27.7 Å². The second kappa shape index (κ2) is 6.20. The summed E-state index contributed by atoms with van der Waals surface area (Å²) < 4.78 is 64.1. The summed E-state index contributed by atoms with van der Waals surface area (Å²) in [7, 11) is -3.63. The third-order valence-corrected chi connectivity index (χ3v) is 5.42. The van der Waals surface area contributed by atoms with E-state index in [0.717, 1.165) is 10.6 Å². The summed E-state index contributed by atoms with van der Waals surface area (Å²) in [6, 6.07) is 3.57. The van der Waals surface area contributed by atoms with Crippen LogP contribution in [0.1, 0.15) is 18.2 Å². The highest BCUT2D eigenvalue weighted by Gasteiger charge is 2.34. The Bertz CT molecular complexity index is 1100. The number of rotatable bonds is 4. The molecular weight excluding hydrogens is 369 g/mol. The van der Waals surface area contributed by atoms with E-state index in [1.54, 1.807) is 0 Å². The number of fused-ring (bicyclic) bond motifs is 1. The first-order chi connectivity index (χ1) is 12.2. The minimum Gasteiger partial charge on any atom is -0.253 e. The molecule has 0 fully saturated rings. The highest BCUT2D eigenvalue weighted by molar-refractivity contribution is 7.91. The summed E-state index contributed by atoms with van der Waals surface area (Å²) in [6.45, 7) is 5.07. The largest absolute Gasteiger partial charge is 0.435 e. The lowest BCUT2D eigenvalue weighted by atomic mass is 10.2. The molecule has 0 bridgehead atoms. The Morgan fingerprint density at radius 1 is 1.31 bits per heavy atom. The third kappa shape index (κ3) is 3.19. The van der Waals surface area contributed by atoms with E-state index >= 15 is 0 Å². The van der Waals surface area contributed by atoms with Crippen LogP contribution < -0.4 is 0 Å². The predicted molar refractivity (Wildman–Crippen MR) is 89.0 cm³/mol. The number of pyridine rings is 1. The lowest BCUT2D eigenvalue weighted by Gasteiger charge is -2.09. The van der Waals surface area contributed by atoms with Crippen LogP contribution in [0.5, 0.6) is 0 Å². The topological polar surface area (TPSA) is 77.2 Å². The first kappa shape index (κ1) is 18.1. The van der Waals surface area contributed by atoms with Gasteiger partial charge in [-0.2, -0.15) is 18.3 Å². The Labute approximate surface area is 146 Å².